The number of fused-ring (bicyclic) bond motifs is 1. The molecular formula is C22H18F6O. The monoisotopic (exact) mass is 412 g/mol. The lowest BCUT2D eigenvalue weighted by Crippen LogP contribution is -2.18. The van der Waals surface area contributed by atoms with Gasteiger partial charge in [-0.25, -0.2) is 13.2 Å². The summed E-state index contributed by atoms with van der Waals surface area (Å²) in [4.78, 5) is 0. The zero-order valence-electron chi connectivity index (χ0n) is 15.5. The van der Waals surface area contributed by atoms with Gasteiger partial charge in [-0.2, -0.15) is 0 Å². The Labute approximate surface area is 163 Å². The van der Waals surface area contributed by atoms with Crippen LogP contribution in [0.5, 0.6) is 5.75 Å². The molecule has 0 atom stereocenters. The fourth-order valence-corrected chi connectivity index (χ4v) is 3.26. The molecule has 0 aromatic heterocycles. The minimum atomic E-state index is -5.03. The Balaban J connectivity index is 1.97. The number of hydrogen-bond acceptors (Lipinski definition) is 1. The van der Waals surface area contributed by atoms with E-state index in [1.807, 2.05) is 6.92 Å². The van der Waals surface area contributed by atoms with Crippen LogP contribution in [0.3, 0.4) is 0 Å². The molecule has 0 aliphatic rings. The van der Waals surface area contributed by atoms with E-state index in [1.165, 1.54) is 36.4 Å². The van der Waals surface area contributed by atoms with Crippen molar-refractivity contribution in [1.29, 1.82) is 0 Å². The average Bonchev–Trinajstić information content (AvgIpc) is 2.63. The summed E-state index contributed by atoms with van der Waals surface area (Å²) >= 11 is 0. The lowest BCUT2D eigenvalue weighted by atomic mass is 9.97. The summed E-state index contributed by atoms with van der Waals surface area (Å²) in [6.07, 6.45) is -1.69. The van der Waals surface area contributed by atoms with Crippen molar-refractivity contribution in [3.05, 3.63) is 65.5 Å². The molecule has 0 radical (unpaired) electrons. The number of hydrogen-bond donors (Lipinski definition) is 0. The molecule has 3 aromatic rings. The molecule has 3 aromatic carbocycles. The molecule has 0 amide bonds. The second kappa shape index (κ2) is 8.35. The number of ether oxygens (including phenoxy) is 1. The van der Waals surface area contributed by atoms with Gasteiger partial charge >= 0.3 is 6.36 Å². The maximum Gasteiger partial charge on any atom is 0.573 e. The van der Waals surface area contributed by atoms with Gasteiger partial charge in [-0.05, 0) is 53.6 Å². The average molecular weight is 412 g/mol. The lowest BCUT2D eigenvalue weighted by molar-refractivity contribution is -0.275. The SMILES string of the molecule is CCCCCc1cc(F)c(-c2ccc3c(F)c(OC(F)(F)F)ccc3c2)c(F)c1. The van der Waals surface area contributed by atoms with Crippen molar-refractivity contribution in [3.63, 3.8) is 0 Å². The van der Waals surface area contributed by atoms with Crippen molar-refractivity contribution in [2.75, 3.05) is 0 Å². The highest BCUT2D eigenvalue weighted by Crippen LogP contribution is 2.34. The quantitative estimate of drug-likeness (QED) is 0.300. The molecule has 0 saturated carbocycles. The van der Waals surface area contributed by atoms with Crippen LogP contribution in [0.4, 0.5) is 26.3 Å². The van der Waals surface area contributed by atoms with Crippen LogP contribution < -0.4 is 4.74 Å². The summed E-state index contributed by atoms with van der Waals surface area (Å²) in [7, 11) is 0. The zero-order valence-corrected chi connectivity index (χ0v) is 15.5. The van der Waals surface area contributed by atoms with E-state index in [0.29, 0.717) is 12.0 Å². The van der Waals surface area contributed by atoms with Crippen molar-refractivity contribution in [1.82, 2.24) is 0 Å². The number of benzene rings is 3. The third-order valence-electron chi connectivity index (χ3n) is 4.60. The predicted molar refractivity (Wildman–Crippen MR) is 99.2 cm³/mol. The van der Waals surface area contributed by atoms with Crippen molar-refractivity contribution in [3.8, 4) is 16.9 Å². The number of rotatable bonds is 6. The van der Waals surface area contributed by atoms with Crippen LogP contribution in [-0.2, 0) is 6.42 Å². The first-order valence-electron chi connectivity index (χ1n) is 9.16. The van der Waals surface area contributed by atoms with Gasteiger partial charge in [0.1, 0.15) is 11.6 Å². The van der Waals surface area contributed by atoms with E-state index >= 15 is 0 Å². The van der Waals surface area contributed by atoms with E-state index in [0.717, 1.165) is 25.3 Å². The van der Waals surface area contributed by atoms with E-state index in [4.69, 9.17) is 0 Å². The van der Waals surface area contributed by atoms with Gasteiger partial charge < -0.3 is 4.74 Å². The van der Waals surface area contributed by atoms with Gasteiger partial charge in [0, 0.05) is 5.39 Å². The van der Waals surface area contributed by atoms with Crippen molar-refractivity contribution in [2.45, 2.75) is 39.0 Å². The second-order valence-electron chi connectivity index (χ2n) is 6.75. The number of aryl methyl sites for hydroxylation is 1. The van der Waals surface area contributed by atoms with Gasteiger partial charge in [0.2, 0.25) is 0 Å². The Kier molecular flexibility index (Phi) is 6.05. The minimum absolute atomic E-state index is 0.146. The second-order valence-corrected chi connectivity index (χ2v) is 6.75. The number of alkyl halides is 3. The summed E-state index contributed by atoms with van der Waals surface area (Å²) < 4.78 is 84.2. The molecule has 0 spiro atoms. The van der Waals surface area contributed by atoms with Crippen LogP contribution in [-0.4, -0.2) is 6.36 Å². The lowest BCUT2D eigenvalue weighted by Gasteiger charge is -2.12. The summed E-state index contributed by atoms with van der Waals surface area (Å²) in [6, 6.07) is 8.36. The van der Waals surface area contributed by atoms with Crippen LogP contribution in [0.25, 0.3) is 21.9 Å². The zero-order chi connectivity index (χ0) is 21.2. The molecule has 0 heterocycles. The standard InChI is InChI=1S/C22H18F6O/c1-2-3-4-5-13-10-17(23)20(18(24)11-13)15-6-8-16-14(12-15)7-9-19(21(16)25)29-22(26,27)28/h6-12H,2-5H2,1H3. The summed E-state index contributed by atoms with van der Waals surface area (Å²) in [5.74, 6) is -3.65. The van der Waals surface area contributed by atoms with Gasteiger partial charge in [-0.3, -0.25) is 0 Å². The molecule has 0 N–H and O–H groups in total. The summed E-state index contributed by atoms with van der Waals surface area (Å²) in [5, 5.41) is 0.0489. The van der Waals surface area contributed by atoms with E-state index in [9.17, 15) is 26.3 Å². The molecule has 29 heavy (non-hydrogen) atoms. The smallest absolute Gasteiger partial charge is 0.403 e. The minimum Gasteiger partial charge on any atom is -0.403 e. The van der Waals surface area contributed by atoms with Crippen molar-refractivity contribution in [2.24, 2.45) is 0 Å². The highest BCUT2D eigenvalue weighted by molar-refractivity contribution is 5.89. The molecule has 154 valence electrons. The summed E-state index contributed by atoms with van der Waals surface area (Å²) in [5.41, 5.74) is 0.455. The highest BCUT2D eigenvalue weighted by atomic mass is 19.4. The van der Waals surface area contributed by atoms with Crippen LogP contribution >= 0.6 is 0 Å². The first-order valence-corrected chi connectivity index (χ1v) is 9.16. The van der Waals surface area contributed by atoms with Crippen LogP contribution in [0.15, 0.2) is 42.5 Å². The predicted octanol–water partition coefficient (Wildman–Crippen LogP) is 7.56. The normalized spacial score (nSPS) is 11.8. The molecule has 0 aliphatic heterocycles. The fourth-order valence-electron chi connectivity index (χ4n) is 3.26. The van der Waals surface area contributed by atoms with Gasteiger partial charge in [-0.15, -0.1) is 13.2 Å². The Hall–Kier alpha value is -2.70. The first kappa shape index (κ1) is 21.0. The fraction of sp³-hybridized carbons (Fsp3) is 0.273. The Morgan fingerprint density at radius 1 is 0.862 bits per heavy atom. The Morgan fingerprint density at radius 2 is 1.55 bits per heavy atom. The molecule has 0 fully saturated rings. The van der Waals surface area contributed by atoms with Crippen molar-refractivity contribution < 1.29 is 31.1 Å². The number of halogens is 6. The number of unbranched alkanes of at least 4 members (excludes halogenated alkanes) is 2. The van der Waals surface area contributed by atoms with Crippen molar-refractivity contribution >= 4 is 10.8 Å². The van der Waals surface area contributed by atoms with Crippen LogP contribution in [0, 0.1) is 17.5 Å². The molecule has 7 heteroatoms. The molecule has 0 saturated heterocycles. The topological polar surface area (TPSA) is 9.23 Å². The van der Waals surface area contributed by atoms with Gasteiger partial charge in [0.25, 0.3) is 0 Å². The third kappa shape index (κ3) is 4.83. The van der Waals surface area contributed by atoms with Gasteiger partial charge in [-0.1, -0.05) is 38.0 Å². The highest BCUT2D eigenvalue weighted by Gasteiger charge is 2.32. The molecule has 0 unspecified atom stereocenters. The van der Waals surface area contributed by atoms with E-state index < -0.39 is 29.6 Å². The van der Waals surface area contributed by atoms with E-state index in [1.54, 1.807) is 0 Å². The molecular weight excluding hydrogens is 394 g/mol. The largest absolute Gasteiger partial charge is 0.573 e. The molecule has 0 aliphatic carbocycles. The maximum atomic E-state index is 14.6. The van der Waals surface area contributed by atoms with E-state index in [-0.39, 0.29) is 21.9 Å². The van der Waals surface area contributed by atoms with Gasteiger partial charge in [0.05, 0.1) is 5.56 Å². The third-order valence-corrected chi connectivity index (χ3v) is 4.60. The van der Waals surface area contributed by atoms with Crippen LogP contribution in [0.1, 0.15) is 31.7 Å². The Bertz CT molecular complexity index is 1000. The maximum absolute atomic E-state index is 14.6. The van der Waals surface area contributed by atoms with Gasteiger partial charge in [0.15, 0.2) is 11.6 Å². The van der Waals surface area contributed by atoms with E-state index in [2.05, 4.69) is 4.74 Å². The van der Waals surface area contributed by atoms with Crippen LogP contribution in [0.2, 0.25) is 0 Å². The first-order chi connectivity index (χ1) is 13.7. The molecule has 3 rings (SSSR count). The Morgan fingerprint density at radius 3 is 2.17 bits per heavy atom. The molecule has 0 bridgehead atoms. The molecule has 1 nitrogen and oxygen atoms in total. The summed E-state index contributed by atoms with van der Waals surface area (Å²) in [6.45, 7) is 2.03.